The molecule has 0 aromatic heterocycles. The van der Waals surface area contributed by atoms with E-state index in [0.717, 1.165) is 30.5 Å². The van der Waals surface area contributed by atoms with Gasteiger partial charge in [0, 0.05) is 6.54 Å². The molecule has 0 spiro atoms. The Labute approximate surface area is 79.9 Å². The highest BCUT2D eigenvalue weighted by atomic mass is 19.4. The number of alkyl halides is 3. The second kappa shape index (κ2) is 3.19. The summed E-state index contributed by atoms with van der Waals surface area (Å²) in [5.41, 5.74) is 0.817. The minimum atomic E-state index is -4.26. The molecule has 1 radical (unpaired) electrons. The number of hydrogen-bond acceptors (Lipinski definition) is 0. The van der Waals surface area contributed by atoms with Crippen LogP contribution in [0.3, 0.4) is 0 Å². The molecule has 1 aromatic carbocycles. The van der Waals surface area contributed by atoms with Crippen LogP contribution in [0.1, 0.15) is 17.5 Å². The van der Waals surface area contributed by atoms with E-state index in [4.69, 9.17) is 0 Å². The van der Waals surface area contributed by atoms with E-state index in [0.29, 0.717) is 12.2 Å². The number of nitrogens with zero attached hydrogens (tertiary/aromatic N) is 1. The maximum atomic E-state index is 12.3. The van der Waals surface area contributed by atoms with Crippen molar-refractivity contribution in [2.24, 2.45) is 0 Å². The summed E-state index contributed by atoms with van der Waals surface area (Å²) in [6.07, 6.45) is -2.50. The van der Waals surface area contributed by atoms with E-state index in [1.807, 2.05) is 0 Å². The zero-order valence-electron chi connectivity index (χ0n) is 7.43. The maximum absolute atomic E-state index is 12.3. The number of benzene rings is 1. The molecule has 1 nitrogen and oxygen atoms in total. The van der Waals surface area contributed by atoms with Gasteiger partial charge in [0.1, 0.15) is 0 Å². The van der Waals surface area contributed by atoms with Crippen LogP contribution in [0.5, 0.6) is 0 Å². The van der Waals surface area contributed by atoms with Gasteiger partial charge in [-0.15, -0.1) is 0 Å². The van der Waals surface area contributed by atoms with Gasteiger partial charge in [-0.1, -0.05) is 6.07 Å². The Morgan fingerprint density at radius 2 is 2.00 bits per heavy atom. The fourth-order valence-corrected chi connectivity index (χ4v) is 1.57. The molecule has 0 bridgehead atoms. The van der Waals surface area contributed by atoms with Crippen LogP contribution in [-0.2, 0) is 12.6 Å². The summed E-state index contributed by atoms with van der Waals surface area (Å²) in [7, 11) is 0. The van der Waals surface area contributed by atoms with Crippen LogP contribution < -0.4 is 5.32 Å². The predicted molar refractivity (Wildman–Crippen MR) is 46.4 cm³/mol. The lowest BCUT2D eigenvalue weighted by molar-refractivity contribution is -0.137. The molecule has 75 valence electrons. The highest BCUT2D eigenvalue weighted by molar-refractivity contribution is 5.49. The van der Waals surface area contributed by atoms with Gasteiger partial charge < -0.3 is 0 Å². The second-order valence-electron chi connectivity index (χ2n) is 3.33. The van der Waals surface area contributed by atoms with Crippen LogP contribution in [0.4, 0.5) is 18.9 Å². The molecule has 0 saturated heterocycles. The molecule has 0 saturated carbocycles. The fourth-order valence-electron chi connectivity index (χ4n) is 1.57. The maximum Gasteiger partial charge on any atom is 0.416 e. The van der Waals surface area contributed by atoms with Crippen molar-refractivity contribution in [2.75, 3.05) is 6.54 Å². The summed E-state index contributed by atoms with van der Waals surface area (Å²) in [4.78, 5) is 0. The quantitative estimate of drug-likeness (QED) is 0.611. The first-order valence-corrected chi connectivity index (χ1v) is 4.45. The smallest absolute Gasteiger partial charge is 0.285 e. The third kappa shape index (κ3) is 1.69. The van der Waals surface area contributed by atoms with E-state index in [-0.39, 0.29) is 0 Å². The van der Waals surface area contributed by atoms with Crippen LogP contribution in [-0.4, -0.2) is 6.54 Å². The van der Waals surface area contributed by atoms with Gasteiger partial charge in [-0.2, -0.15) is 13.2 Å². The topological polar surface area (TPSA) is 14.1 Å². The second-order valence-corrected chi connectivity index (χ2v) is 3.33. The molecule has 0 fully saturated rings. The van der Waals surface area contributed by atoms with Gasteiger partial charge >= 0.3 is 6.18 Å². The normalized spacial score (nSPS) is 15.9. The molecule has 2 rings (SSSR count). The molecule has 0 unspecified atom stereocenters. The summed E-state index contributed by atoms with van der Waals surface area (Å²) >= 11 is 0. The first-order chi connectivity index (χ1) is 6.57. The molecule has 1 aliphatic heterocycles. The van der Waals surface area contributed by atoms with E-state index < -0.39 is 11.7 Å². The Bertz CT molecular complexity index is 344. The average Bonchev–Trinajstić information content (AvgIpc) is 2.16. The van der Waals surface area contributed by atoms with Crippen molar-refractivity contribution in [2.45, 2.75) is 19.0 Å². The lowest BCUT2D eigenvalue weighted by atomic mass is 10.0. The third-order valence-electron chi connectivity index (χ3n) is 2.30. The molecule has 0 atom stereocenters. The van der Waals surface area contributed by atoms with Crippen LogP contribution >= 0.6 is 0 Å². The van der Waals surface area contributed by atoms with E-state index in [1.54, 1.807) is 0 Å². The number of fused-ring (bicyclic) bond motifs is 1. The number of rotatable bonds is 0. The van der Waals surface area contributed by atoms with E-state index in [2.05, 4.69) is 5.32 Å². The number of hydrogen-bond donors (Lipinski definition) is 0. The van der Waals surface area contributed by atoms with Gasteiger partial charge in [-0.05, 0) is 30.5 Å². The van der Waals surface area contributed by atoms with Gasteiger partial charge in [-0.25, -0.2) is 0 Å². The Morgan fingerprint density at radius 1 is 1.21 bits per heavy atom. The lowest BCUT2D eigenvalue weighted by Gasteiger charge is -2.17. The van der Waals surface area contributed by atoms with Crippen molar-refractivity contribution < 1.29 is 13.2 Å². The largest absolute Gasteiger partial charge is 0.416 e. The molecule has 0 N–H and O–H groups in total. The van der Waals surface area contributed by atoms with Gasteiger partial charge in [0.2, 0.25) is 0 Å². The van der Waals surface area contributed by atoms with E-state index in [9.17, 15) is 13.2 Å². The average molecular weight is 200 g/mol. The van der Waals surface area contributed by atoms with Crippen molar-refractivity contribution in [1.82, 2.24) is 5.32 Å². The Hall–Kier alpha value is -1.19. The Morgan fingerprint density at radius 3 is 2.71 bits per heavy atom. The van der Waals surface area contributed by atoms with Crippen molar-refractivity contribution in [3.63, 3.8) is 0 Å². The molecular formula is C10H9F3N. The van der Waals surface area contributed by atoms with Crippen molar-refractivity contribution in [1.29, 1.82) is 0 Å². The summed E-state index contributed by atoms with van der Waals surface area (Å²) in [5, 5.41) is 4.07. The first kappa shape index (κ1) is 9.37. The van der Waals surface area contributed by atoms with E-state index in [1.165, 1.54) is 6.07 Å². The number of halogens is 3. The molecular weight excluding hydrogens is 191 g/mol. The predicted octanol–water partition coefficient (Wildman–Crippen LogP) is 2.89. The Balaban J connectivity index is 2.39. The zero-order valence-corrected chi connectivity index (χ0v) is 7.43. The van der Waals surface area contributed by atoms with Gasteiger partial charge in [0.25, 0.3) is 0 Å². The van der Waals surface area contributed by atoms with Crippen molar-refractivity contribution in [3.8, 4) is 0 Å². The molecule has 1 heterocycles. The zero-order chi connectivity index (χ0) is 10.2. The third-order valence-corrected chi connectivity index (χ3v) is 2.30. The molecule has 1 aromatic rings. The first-order valence-electron chi connectivity index (χ1n) is 4.45. The lowest BCUT2D eigenvalue weighted by Crippen LogP contribution is -2.13. The molecule has 1 aliphatic rings. The monoisotopic (exact) mass is 200 g/mol. The fraction of sp³-hybridized carbons (Fsp3) is 0.400. The minimum Gasteiger partial charge on any atom is -0.285 e. The minimum absolute atomic E-state index is 0.506. The van der Waals surface area contributed by atoms with Crippen LogP contribution in [0, 0.1) is 0 Å². The summed E-state index contributed by atoms with van der Waals surface area (Å²) < 4.78 is 36.9. The molecule has 4 heteroatoms. The molecule has 0 aliphatic carbocycles. The highest BCUT2D eigenvalue weighted by Crippen LogP contribution is 2.33. The highest BCUT2D eigenvalue weighted by Gasteiger charge is 2.31. The SMILES string of the molecule is FC(F)(F)c1ccc2c(c1)[N]CCC2. The molecule has 14 heavy (non-hydrogen) atoms. The standard InChI is InChI=1S/C10H9F3N/c11-10(12,13)8-4-3-7-2-1-5-14-9(7)6-8/h3-4,6H,1-2,5H2. The van der Waals surface area contributed by atoms with Crippen LogP contribution in [0.25, 0.3) is 0 Å². The van der Waals surface area contributed by atoms with Crippen molar-refractivity contribution in [3.05, 3.63) is 29.3 Å². The number of aryl methyl sites for hydroxylation is 1. The van der Waals surface area contributed by atoms with Crippen LogP contribution in [0.15, 0.2) is 18.2 Å². The van der Waals surface area contributed by atoms with E-state index >= 15 is 0 Å². The summed E-state index contributed by atoms with van der Waals surface area (Å²) in [6, 6.07) is 3.79. The van der Waals surface area contributed by atoms with Gasteiger partial charge in [0.15, 0.2) is 0 Å². The van der Waals surface area contributed by atoms with Crippen LogP contribution in [0.2, 0.25) is 0 Å². The van der Waals surface area contributed by atoms with Gasteiger partial charge in [-0.3, -0.25) is 5.32 Å². The van der Waals surface area contributed by atoms with Gasteiger partial charge in [0.05, 0.1) is 11.3 Å². The summed E-state index contributed by atoms with van der Waals surface area (Å²) in [6.45, 7) is 0.633. The molecule has 0 amide bonds. The summed E-state index contributed by atoms with van der Waals surface area (Å²) in [5.74, 6) is 0. The van der Waals surface area contributed by atoms with Crippen molar-refractivity contribution >= 4 is 5.69 Å². The Kier molecular flexibility index (Phi) is 2.13.